The van der Waals surface area contributed by atoms with Crippen molar-refractivity contribution in [3.63, 3.8) is 0 Å². The van der Waals surface area contributed by atoms with Crippen LogP contribution in [0.25, 0.3) is 0 Å². The molecule has 0 saturated carbocycles. The van der Waals surface area contributed by atoms with Gasteiger partial charge in [0.2, 0.25) is 0 Å². The molecular weight excluding hydrogens is 343 g/mol. The lowest BCUT2D eigenvalue weighted by atomic mass is 10.1. The Morgan fingerprint density at radius 2 is 2.00 bits per heavy atom. The third-order valence-electron chi connectivity index (χ3n) is 2.38. The second-order valence-electron chi connectivity index (χ2n) is 3.77. The zero-order chi connectivity index (χ0) is 15.3. The Labute approximate surface area is 121 Å². The van der Waals surface area contributed by atoms with E-state index in [9.17, 15) is 22.8 Å². The maximum Gasteiger partial charge on any atom is 0.417 e. The fourth-order valence-corrected chi connectivity index (χ4v) is 1.84. The first-order valence-electron chi connectivity index (χ1n) is 5.47. The molecular formula is C12H11BrF3NO3. The van der Waals surface area contributed by atoms with Crippen molar-refractivity contribution in [3.05, 3.63) is 33.8 Å². The Kier molecular flexibility index (Phi) is 5.55. The highest BCUT2D eigenvalue weighted by Crippen LogP contribution is 2.35. The summed E-state index contributed by atoms with van der Waals surface area (Å²) in [6, 6.07) is 3.16. The Hall–Kier alpha value is -1.57. The average Bonchev–Trinajstić information content (AvgIpc) is 2.37. The largest absolute Gasteiger partial charge is 0.469 e. The molecule has 0 heterocycles. The van der Waals surface area contributed by atoms with Gasteiger partial charge in [-0.05, 0) is 18.2 Å². The standard InChI is InChI=1S/C12H11BrF3NO3/c1-20-10(18)4-5-17-11(19)7-2-3-9(13)8(6-7)12(14,15)16/h2-3,6H,4-5H2,1H3,(H,17,19). The van der Waals surface area contributed by atoms with Crippen molar-refractivity contribution < 1.29 is 27.5 Å². The predicted octanol–water partition coefficient (Wildman–Crippen LogP) is 2.76. The van der Waals surface area contributed by atoms with E-state index in [4.69, 9.17) is 0 Å². The van der Waals surface area contributed by atoms with Crippen molar-refractivity contribution in [2.75, 3.05) is 13.7 Å². The van der Waals surface area contributed by atoms with Gasteiger partial charge in [-0.25, -0.2) is 0 Å². The minimum atomic E-state index is -4.55. The van der Waals surface area contributed by atoms with Gasteiger partial charge in [0.15, 0.2) is 0 Å². The van der Waals surface area contributed by atoms with Gasteiger partial charge in [-0.2, -0.15) is 13.2 Å². The van der Waals surface area contributed by atoms with Crippen LogP contribution in [-0.2, 0) is 15.7 Å². The summed E-state index contributed by atoms with van der Waals surface area (Å²) in [5.41, 5.74) is -1.07. The van der Waals surface area contributed by atoms with Crippen molar-refractivity contribution in [3.8, 4) is 0 Å². The Morgan fingerprint density at radius 1 is 1.35 bits per heavy atom. The lowest BCUT2D eigenvalue weighted by Gasteiger charge is -2.11. The topological polar surface area (TPSA) is 55.4 Å². The van der Waals surface area contributed by atoms with Crippen molar-refractivity contribution >= 4 is 27.8 Å². The molecule has 110 valence electrons. The zero-order valence-corrected chi connectivity index (χ0v) is 12.0. The molecule has 4 nitrogen and oxygen atoms in total. The lowest BCUT2D eigenvalue weighted by molar-refractivity contribution is -0.140. The monoisotopic (exact) mass is 353 g/mol. The summed E-state index contributed by atoms with van der Waals surface area (Å²) in [7, 11) is 1.20. The molecule has 0 aromatic heterocycles. The van der Waals surface area contributed by atoms with E-state index in [0.29, 0.717) is 0 Å². The van der Waals surface area contributed by atoms with E-state index in [1.807, 2.05) is 0 Å². The SMILES string of the molecule is COC(=O)CCNC(=O)c1ccc(Br)c(C(F)(F)F)c1. The van der Waals surface area contributed by atoms with Crippen LogP contribution in [0.5, 0.6) is 0 Å². The molecule has 8 heteroatoms. The van der Waals surface area contributed by atoms with E-state index >= 15 is 0 Å². The second kappa shape index (κ2) is 6.74. The number of esters is 1. The molecule has 0 atom stereocenters. The Balaban J connectivity index is 2.77. The molecule has 0 bridgehead atoms. The number of benzene rings is 1. The predicted molar refractivity (Wildman–Crippen MR) is 68.1 cm³/mol. The molecule has 20 heavy (non-hydrogen) atoms. The average molecular weight is 354 g/mol. The van der Waals surface area contributed by atoms with Crippen molar-refractivity contribution in [1.82, 2.24) is 5.32 Å². The van der Waals surface area contributed by atoms with Gasteiger partial charge >= 0.3 is 12.1 Å². The van der Waals surface area contributed by atoms with Crippen molar-refractivity contribution in [1.29, 1.82) is 0 Å². The maximum atomic E-state index is 12.7. The summed E-state index contributed by atoms with van der Waals surface area (Å²) in [6.07, 6.45) is -4.61. The molecule has 1 aromatic carbocycles. The minimum absolute atomic E-state index is 0.0110. The molecule has 1 N–H and O–H groups in total. The summed E-state index contributed by atoms with van der Waals surface area (Å²) in [6.45, 7) is -0.0110. The third-order valence-corrected chi connectivity index (χ3v) is 3.07. The summed E-state index contributed by atoms with van der Waals surface area (Å²) in [4.78, 5) is 22.5. The number of methoxy groups -OCH3 is 1. The highest BCUT2D eigenvalue weighted by Gasteiger charge is 2.33. The first kappa shape index (κ1) is 16.5. The zero-order valence-electron chi connectivity index (χ0n) is 10.4. The highest BCUT2D eigenvalue weighted by molar-refractivity contribution is 9.10. The number of carbonyl (C=O) groups excluding carboxylic acids is 2. The third kappa shape index (κ3) is 4.52. The van der Waals surface area contributed by atoms with Gasteiger partial charge in [0, 0.05) is 16.6 Å². The number of alkyl halides is 3. The maximum absolute atomic E-state index is 12.7. The van der Waals surface area contributed by atoms with Crippen LogP contribution < -0.4 is 5.32 Å². The van der Waals surface area contributed by atoms with Gasteiger partial charge in [-0.15, -0.1) is 0 Å². The molecule has 0 spiro atoms. The first-order chi connectivity index (χ1) is 9.25. The summed E-state index contributed by atoms with van der Waals surface area (Å²) in [5, 5.41) is 2.34. The van der Waals surface area contributed by atoms with Gasteiger partial charge in [0.25, 0.3) is 5.91 Å². The van der Waals surface area contributed by atoms with E-state index < -0.39 is 23.6 Å². The van der Waals surface area contributed by atoms with Gasteiger partial charge in [-0.3, -0.25) is 9.59 Å². The highest BCUT2D eigenvalue weighted by atomic mass is 79.9. The van der Waals surface area contributed by atoms with Crippen molar-refractivity contribution in [2.45, 2.75) is 12.6 Å². The number of rotatable bonds is 4. The fraction of sp³-hybridized carbons (Fsp3) is 0.333. The van der Waals surface area contributed by atoms with E-state index in [1.165, 1.54) is 13.2 Å². The Morgan fingerprint density at radius 3 is 2.55 bits per heavy atom. The van der Waals surface area contributed by atoms with Gasteiger partial charge in [0.1, 0.15) is 0 Å². The molecule has 1 rings (SSSR count). The molecule has 0 saturated heterocycles. The molecule has 0 aliphatic heterocycles. The number of ether oxygens (including phenoxy) is 1. The van der Waals surface area contributed by atoms with Crippen LogP contribution in [0.3, 0.4) is 0 Å². The number of hydrogen-bond acceptors (Lipinski definition) is 3. The number of amides is 1. The Bertz CT molecular complexity index is 517. The second-order valence-corrected chi connectivity index (χ2v) is 4.63. The summed E-state index contributed by atoms with van der Waals surface area (Å²) in [5.74, 6) is -1.20. The van der Waals surface area contributed by atoms with Gasteiger partial charge in [0.05, 0.1) is 19.1 Å². The smallest absolute Gasteiger partial charge is 0.417 e. The van der Waals surface area contributed by atoms with Crippen LogP contribution in [0, 0.1) is 0 Å². The van der Waals surface area contributed by atoms with E-state index in [2.05, 4.69) is 26.0 Å². The summed E-state index contributed by atoms with van der Waals surface area (Å²) >= 11 is 2.78. The van der Waals surface area contributed by atoms with Gasteiger partial charge < -0.3 is 10.1 Å². The van der Waals surface area contributed by atoms with Gasteiger partial charge in [-0.1, -0.05) is 15.9 Å². The fourth-order valence-electron chi connectivity index (χ4n) is 1.37. The molecule has 0 unspecified atom stereocenters. The number of hydrogen-bond donors (Lipinski definition) is 1. The van der Waals surface area contributed by atoms with E-state index in [0.717, 1.165) is 12.1 Å². The number of nitrogens with one attached hydrogen (secondary N) is 1. The molecule has 0 aliphatic rings. The van der Waals surface area contributed by atoms with E-state index in [1.54, 1.807) is 0 Å². The molecule has 0 radical (unpaired) electrons. The lowest BCUT2D eigenvalue weighted by Crippen LogP contribution is -2.26. The van der Waals surface area contributed by atoms with Crippen LogP contribution in [-0.4, -0.2) is 25.5 Å². The number of carbonyl (C=O) groups is 2. The normalized spacial score (nSPS) is 11.1. The minimum Gasteiger partial charge on any atom is -0.469 e. The number of halogens is 4. The molecule has 1 aromatic rings. The summed E-state index contributed by atoms with van der Waals surface area (Å²) < 4.78 is 42.2. The van der Waals surface area contributed by atoms with Crippen LogP contribution in [0.4, 0.5) is 13.2 Å². The van der Waals surface area contributed by atoms with Crippen molar-refractivity contribution in [2.24, 2.45) is 0 Å². The van der Waals surface area contributed by atoms with Crippen LogP contribution >= 0.6 is 15.9 Å². The quantitative estimate of drug-likeness (QED) is 0.846. The molecule has 1 amide bonds. The van der Waals surface area contributed by atoms with E-state index in [-0.39, 0.29) is 23.0 Å². The molecule has 0 aliphatic carbocycles. The first-order valence-corrected chi connectivity index (χ1v) is 6.26. The molecule has 0 fully saturated rings. The van der Waals surface area contributed by atoms with Crippen LogP contribution in [0.15, 0.2) is 22.7 Å². The van der Waals surface area contributed by atoms with Crippen LogP contribution in [0.2, 0.25) is 0 Å². The van der Waals surface area contributed by atoms with Crippen LogP contribution in [0.1, 0.15) is 22.3 Å².